The Kier molecular flexibility index (Phi) is 5.79. The third kappa shape index (κ3) is 4.35. The van der Waals surface area contributed by atoms with Crippen molar-refractivity contribution >= 4 is 12.0 Å². The van der Waals surface area contributed by atoms with Gasteiger partial charge in [-0.2, -0.15) is 4.98 Å². The maximum atomic E-state index is 12.4. The smallest absolute Gasteiger partial charge is 0.246 e. The number of nitrogens with zero attached hydrogens (tertiary/aromatic N) is 3. The molecule has 4 rings (SSSR count). The van der Waals surface area contributed by atoms with Crippen LogP contribution in [0.15, 0.2) is 59.1 Å². The fraction of sp³-hybridized carbons (Fsp3) is 0.261. The number of benzene rings is 2. The zero-order chi connectivity index (χ0) is 20.9. The minimum atomic E-state index is -0.0509. The molecule has 3 aromatic rings. The van der Waals surface area contributed by atoms with E-state index >= 15 is 0 Å². The largest absolute Gasteiger partial charge is 0.493 e. The van der Waals surface area contributed by atoms with E-state index in [1.807, 2.05) is 48.5 Å². The standard InChI is InChI=1S/C23H23N3O4/c1-28-19-10-8-17(12-20(19)29-2)9-11-22(27)26-14-18(15-26)23-24-21(25-30-23)13-16-6-4-3-5-7-16/h3-12,18H,13-15H2,1-2H3/b11-9+. The van der Waals surface area contributed by atoms with Crippen molar-refractivity contribution in [2.45, 2.75) is 12.3 Å². The van der Waals surface area contributed by atoms with E-state index < -0.39 is 0 Å². The molecule has 1 saturated heterocycles. The molecule has 154 valence electrons. The van der Waals surface area contributed by atoms with Gasteiger partial charge in [-0.3, -0.25) is 4.79 Å². The summed E-state index contributed by atoms with van der Waals surface area (Å²) in [5.41, 5.74) is 2.00. The third-order valence-electron chi connectivity index (χ3n) is 5.06. The number of hydrogen-bond acceptors (Lipinski definition) is 6. The molecule has 1 aliphatic heterocycles. The fourth-order valence-corrected chi connectivity index (χ4v) is 3.33. The van der Waals surface area contributed by atoms with Crippen molar-refractivity contribution in [2.75, 3.05) is 27.3 Å². The van der Waals surface area contributed by atoms with E-state index in [4.69, 9.17) is 14.0 Å². The van der Waals surface area contributed by atoms with Gasteiger partial charge in [-0.15, -0.1) is 0 Å². The number of aromatic nitrogens is 2. The first-order chi connectivity index (χ1) is 14.7. The molecule has 2 aromatic carbocycles. The molecule has 1 aromatic heterocycles. The minimum Gasteiger partial charge on any atom is -0.493 e. The summed E-state index contributed by atoms with van der Waals surface area (Å²) in [6.45, 7) is 1.14. The number of carbonyl (C=O) groups excluding carboxylic acids is 1. The lowest BCUT2D eigenvalue weighted by atomic mass is 10.00. The Morgan fingerprint density at radius 1 is 1.13 bits per heavy atom. The van der Waals surface area contributed by atoms with Crippen molar-refractivity contribution in [3.05, 3.63) is 77.4 Å². The van der Waals surface area contributed by atoms with Gasteiger partial charge in [-0.1, -0.05) is 41.6 Å². The van der Waals surface area contributed by atoms with Crippen LogP contribution in [0.1, 0.15) is 28.8 Å². The van der Waals surface area contributed by atoms with Crippen LogP contribution in [0.4, 0.5) is 0 Å². The zero-order valence-corrected chi connectivity index (χ0v) is 16.9. The average Bonchev–Trinajstić information content (AvgIpc) is 3.19. The molecule has 0 atom stereocenters. The second-order valence-corrected chi connectivity index (χ2v) is 7.10. The number of likely N-dealkylation sites (tertiary alicyclic amines) is 1. The summed E-state index contributed by atoms with van der Waals surface area (Å²) in [4.78, 5) is 18.7. The van der Waals surface area contributed by atoms with Gasteiger partial charge >= 0.3 is 0 Å². The van der Waals surface area contributed by atoms with Crippen molar-refractivity contribution in [1.82, 2.24) is 15.0 Å². The molecular weight excluding hydrogens is 382 g/mol. The first-order valence-corrected chi connectivity index (χ1v) is 9.71. The monoisotopic (exact) mass is 405 g/mol. The lowest BCUT2D eigenvalue weighted by Crippen LogP contribution is -2.47. The molecule has 7 nitrogen and oxygen atoms in total. The highest BCUT2D eigenvalue weighted by molar-refractivity contribution is 5.92. The van der Waals surface area contributed by atoms with Crippen molar-refractivity contribution in [1.29, 1.82) is 0 Å². The Bertz CT molecular complexity index is 1040. The lowest BCUT2D eigenvalue weighted by molar-refractivity contribution is -0.130. The highest BCUT2D eigenvalue weighted by atomic mass is 16.5. The van der Waals surface area contributed by atoms with Crippen molar-refractivity contribution in [3.63, 3.8) is 0 Å². The summed E-state index contributed by atoms with van der Waals surface area (Å²) in [6, 6.07) is 15.5. The quantitative estimate of drug-likeness (QED) is 0.561. The van der Waals surface area contributed by atoms with Crippen LogP contribution < -0.4 is 9.47 Å². The molecule has 1 fully saturated rings. The molecule has 0 saturated carbocycles. The number of methoxy groups -OCH3 is 2. The summed E-state index contributed by atoms with van der Waals surface area (Å²) in [6.07, 6.45) is 3.96. The molecule has 2 heterocycles. The normalized spacial score (nSPS) is 14.0. The summed E-state index contributed by atoms with van der Waals surface area (Å²) in [7, 11) is 3.17. The lowest BCUT2D eigenvalue weighted by Gasteiger charge is -2.36. The van der Waals surface area contributed by atoms with Crippen LogP contribution in [-0.4, -0.2) is 48.3 Å². The van der Waals surface area contributed by atoms with E-state index in [0.29, 0.717) is 42.7 Å². The number of rotatable bonds is 7. The van der Waals surface area contributed by atoms with Crippen molar-refractivity contribution in [2.24, 2.45) is 0 Å². The Morgan fingerprint density at radius 2 is 1.90 bits per heavy atom. The van der Waals surface area contributed by atoms with Crippen LogP contribution in [0.2, 0.25) is 0 Å². The number of ether oxygens (including phenoxy) is 2. The maximum absolute atomic E-state index is 12.4. The molecule has 0 unspecified atom stereocenters. The summed E-state index contributed by atoms with van der Waals surface area (Å²) in [5, 5.41) is 4.07. The van der Waals surface area contributed by atoms with Crippen molar-refractivity contribution in [3.8, 4) is 11.5 Å². The van der Waals surface area contributed by atoms with Gasteiger partial charge in [0.25, 0.3) is 0 Å². The Labute approximate surface area is 174 Å². The predicted octanol–water partition coefficient (Wildman–Crippen LogP) is 3.32. The number of amides is 1. The van der Waals surface area contributed by atoms with Crippen LogP contribution in [0, 0.1) is 0 Å². The molecule has 0 radical (unpaired) electrons. The van der Waals surface area contributed by atoms with Crippen LogP contribution in [0.3, 0.4) is 0 Å². The molecule has 0 N–H and O–H groups in total. The van der Waals surface area contributed by atoms with Gasteiger partial charge in [-0.05, 0) is 29.3 Å². The second-order valence-electron chi connectivity index (χ2n) is 7.10. The van der Waals surface area contributed by atoms with Gasteiger partial charge < -0.3 is 18.9 Å². The molecule has 0 bridgehead atoms. The first-order valence-electron chi connectivity index (χ1n) is 9.71. The fourth-order valence-electron chi connectivity index (χ4n) is 3.33. The summed E-state index contributed by atoms with van der Waals surface area (Å²) in [5.74, 6) is 2.56. The second kappa shape index (κ2) is 8.82. The maximum Gasteiger partial charge on any atom is 0.246 e. The predicted molar refractivity (Wildman–Crippen MR) is 111 cm³/mol. The molecule has 7 heteroatoms. The Hall–Kier alpha value is -3.61. The molecule has 0 spiro atoms. The van der Waals surface area contributed by atoms with E-state index in [-0.39, 0.29) is 11.8 Å². The topological polar surface area (TPSA) is 77.7 Å². The molecule has 1 aliphatic rings. The van der Waals surface area contributed by atoms with Gasteiger partial charge in [0.1, 0.15) is 0 Å². The van der Waals surface area contributed by atoms with Crippen LogP contribution in [-0.2, 0) is 11.2 Å². The van der Waals surface area contributed by atoms with Gasteiger partial charge in [0.05, 0.1) is 20.1 Å². The van der Waals surface area contributed by atoms with Gasteiger partial charge in [-0.25, -0.2) is 0 Å². The number of carbonyl (C=O) groups is 1. The van der Waals surface area contributed by atoms with Crippen LogP contribution in [0.25, 0.3) is 6.08 Å². The summed E-state index contributed by atoms with van der Waals surface area (Å²) >= 11 is 0. The van der Waals surface area contributed by atoms with E-state index in [0.717, 1.165) is 11.1 Å². The Balaban J connectivity index is 1.31. The van der Waals surface area contributed by atoms with Crippen LogP contribution >= 0.6 is 0 Å². The molecule has 30 heavy (non-hydrogen) atoms. The molecule has 0 aliphatic carbocycles. The molecule has 1 amide bonds. The van der Waals surface area contributed by atoms with Crippen LogP contribution in [0.5, 0.6) is 11.5 Å². The SMILES string of the molecule is COc1ccc(/C=C/C(=O)N2CC(c3nc(Cc4ccccc4)no3)C2)cc1OC. The van der Waals surface area contributed by atoms with Crippen molar-refractivity contribution < 1.29 is 18.8 Å². The minimum absolute atomic E-state index is 0.0509. The average molecular weight is 405 g/mol. The van der Waals surface area contributed by atoms with Gasteiger partial charge in [0.15, 0.2) is 17.3 Å². The zero-order valence-electron chi connectivity index (χ0n) is 16.9. The number of hydrogen-bond donors (Lipinski definition) is 0. The van der Waals surface area contributed by atoms with E-state index in [1.165, 1.54) is 0 Å². The van der Waals surface area contributed by atoms with E-state index in [1.54, 1.807) is 31.3 Å². The van der Waals surface area contributed by atoms with Gasteiger partial charge in [0.2, 0.25) is 11.8 Å². The highest BCUT2D eigenvalue weighted by Gasteiger charge is 2.34. The van der Waals surface area contributed by atoms with E-state index in [9.17, 15) is 4.79 Å². The summed E-state index contributed by atoms with van der Waals surface area (Å²) < 4.78 is 15.9. The Morgan fingerprint density at radius 3 is 2.63 bits per heavy atom. The third-order valence-corrected chi connectivity index (χ3v) is 5.06. The van der Waals surface area contributed by atoms with E-state index in [2.05, 4.69) is 10.1 Å². The molecular formula is C23H23N3O4. The van der Waals surface area contributed by atoms with Gasteiger partial charge in [0, 0.05) is 25.6 Å². The highest BCUT2D eigenvalue weighted by Crippen LogP contribution is 2.29. The first kappa shape index (κ1) is 19.7.